The SMILES string of the molecule is CC(=O)c1cccc(NC(=O)CN(C)CCOc2ccc(F)cc2)c1. The summed E-state index contributed by atoms with van der Waals surface area (Å²) < 4.78 is 18.3. The third-order valence-corrected chi connectivity index (χ3v) is 3.52. The minimum Gasteiger partial charge on any atom is -0.492 e. The Hall–Kier alpha value is -2.73. The van der Waals surface area contributed by atoms with Crippen LogP contribution in [-0.4, -0.2) is 43.3 Å². The molecule has 25 heavy (non-hydrogen) atoms. The molecule has 0 bridgehead atoms. The summed E-state index contributed by atoms with van der Waals surface area (Å²) in [6.45, 7) is 2.60. The number of rotatable bonds is 8. The fourth-order valence-electron chi connectivity index (χ4n) is 2.19. The number of Topliss-reactive ketones (excluding diaryl/α,β-unsaturated/α-hetero) is 1. The van der Waals surface area contributed by atoms with Crippen LogP contribution in [0, 0.1) is 5.82 Å². The number of nitrogens with zero attached hydrogens (tertiary/aromatic N) is 1. The Morgan fingerprint density at radius 3 is 2.56 bits per heavy atom. The van der Waals surface area contributed by atoms with Gasteiger partial charge in [-0.2, -0.15) is 0 Å². The van der Waals surface area contributed by atoms with Crippen molar-refractivity contribution < 1.29 is 18.7 Å². The molecule has 2 aromatic carbocycles. The number of ketones is 1. The quantitative estimate of drug-likeness (QED) is 0.748. The molecule has 6 heteroatoms. The summed E-state index contributed by atoms with van der Waals surface area (Å²) in [4.78, 5) is 25.2. The second kappa shape index (κ2) is 8.94. The maximum Gasteiger partial charge on any atom is 0.238 e. The van der Waals surface area contributed by atoms with Gasteiger partial charge in [-0.25, -0.2) is 4.39 Å². The maximum absolute atomic E-state index is 12.8. The van der Waals surface area contributed by atoms with Crippen LogP contribution in [0.15, 0.2) is 48.5 Å². The second-order valence-corrected chi connectivity index (χ2v) is 5.73. The zero-order chi connectivity index (χ0) is 18.2. The van der Waals surface area contributed by atoms with Crippen LogP contribution in [0.25, 0.3) is 0 Å². The van der Waals surface area contributed by atoms with Crippen LogP contribution in [-0.2, 0) is 4.79 Å². The van der Waals surface area contributed by atoms with Gasteiger partial charge in [-0.1, -0.05) is 12.1 Å². The molecule has 2 aromatic rings. The van der Waals surface area contributed by atoms with Crippen molar-refractivity contribution in [1.82, 2.24) is 4.90 Å². The number of anilines is 1. The Kier molecular flexibility index (Phi) is 6.65. The molecule has 1 amide bonds. The molecule has 0 unspecified atom stereocenters. The summed E-state index contributed by atoms with van der Waals surface area (Å²) in [6, 6.07) is 12.6. The Bertz CT molecular complexity index is 732. The molecule has 0 heterocycles. The summed E-state index contributed by atoms with van der Waals surface area (Å²) in [6.07, 6.45) is 0. The van der Waals surface area contributed by atoms with Crippen molar-refractivity contribution in [3.8, 4) is 5.75 Å². The lowest BCUT2D eigenvalue weighted by Gasteiger charge is -2.16. The van der Waals surface area contributed by atoms with Crippen LogP contribution >= 0.6 is 0 Å². The fraction of sp³-hybridized carbons (Fsp3) is 0.263. The molecule has 0 aliphatic carbocycles. The molecule has 0 aliphatic rings. The molecule has 5 nitrogen and oxygen atoms in total. The van der Waals surface area contributed by atoms with Gasteiger partial charge in [0.15, 0.2) is 5.78 Å². The van der Waals surface area contributed by atoms with Gasteiger partial charge in [-0.3, -0.25) is 14.5 Å². The average Bonchev–Trinajstić information content (AvgIpc) is 2.56. The zero-order valence-corrected chi connectivity index (χ0v) is 14.3. The number of nitrogens with one attached hydrogen (secondary N) is 1. The minimum atomic E-state index is -0.310. The van der Waals surface area contributed by atoms with E-state index < -0.39 is 0 Å². The highest BCUT2D eigenvalue weighted by Crippen LogP contribution is 2.12. The Balaban J connectivity index is 1.75. The number of amides is 1. The van der Waals surface area contributed by atoms with Gasteiger partial charge in [0, 0.05) is 17.8 Å². The summed E-state index contributed by atoms with van der Waals surface area (Å²) in [5, 5.41) is 2.77. The lowest BCUT2D eigenvalue weighted by Crippen LogP contribution is -2.33. The highest BCUT2D eigenvalue weighted by molar-refractivity contribution is 5.97. The summed E-state index contributed by atoms with van der Waals surface area (Å²) >= 11 is 0. The van der Waals surface area contributed by atoms with E-state index in [2.05, 4.69) is 5.32 Å². The van der Waals surface area contributed by atoms with Crippen molar-refractivity contribution in [2.24, 2.45) is 0 Å². The van der Waals surface area contributed by atoms with Gasteiger partial charge in [0.1, 0.15) is 18.2 Å². The first kappa shape index (κ1) is 18.6. The first-order valence-electron chi connectivity index (χ1n) is 7.92. The largest absolute Gasteiger partial charge is 0.492 e. The predicted octanol–water partition coefficient (Wildman–Crippen LogP) is 2.98. The lowest BCUT2D eigenvalue weighted by molar-refractivity contribution is -0.117. The third kappa shape index (κ3) is 6.35. The van der Waals surface area contributed by atoms with Crippen LogP contribution in [0.1, 0.15) is 17.3 Å². The Morgan fingerprint density at radius 1 is 1.16 bits per heavy atom. The zero-order valence-electron chi connectivity index (χ0n) is 14.3. The second-order valence-electron chi connectivity index (χ2n) is 5.73. The van der Waals surface area contributed by atoms with E-state index in [-0.39, 0.29) is 24.1 Å². The molecule has 0 atom stereocenters. The molecule has 0 saturated heterocycles. The molecule has 1 N–H and O–H groups in total. The monoisotopic (exact) mass is 344 g/mol. The van der Waals surface area contributed by atoms with E-state index >= 15 is 0 Å². The standard InChI is InChI=1S/C19H21FN2O3/c1-14(23)15-4-3-5-17(12-15)21-19(24)13-22(2)10-11-25-18-8-6-16(20)7-9-18/h3-9,12H,10-11,13H2,1-2H3,(H,21,24). The van der Waals surface area contributed by atoms with Gasteiger partial charge in [-0.15, -0.1) is 0 Å². The van der Waals surface area contributed by atoms with Gasteiger partial charge >= 0.3 is 0 Å². The predicted molar refractivity (Wildman–Crippen MR) is 94.5 cm³/mol. The van der Waals surface area contributed by atoms with Gasteiger partial charge in [-0.05, 0) is 50.4 Å². The van der Waals surface area contributed by atoms with Crippen LogP contribution < -0.4 is 10.1 Å². The minimum absolute atomic E-state index is 0.0499. The van der Waals surface area contributed by atoms with Crippen molar-refractivity contribution in [3.63, 3.8) is 0 Å². The molecule has 2 rings (SSSR count). The number of hydrogen-bond acceptors (Lipinski definition) is 4. The number of carbonyl (C=O) groups is 2. The molecule has 0 fully saturated rings. The van der Waals surface area contributed by atoms with Crippen molar-refractivity contribution in [1.29, 1.82) is 0 Å². The van der Waals surface area contributed by atoms with Gasteiger partial charge in [0.2, 0.25) is 5.91 Å². The highest BCUT2D eigenvalue weighted by Gasteiger charge is 2.08. The number of carbonyl (C=O) groups excluding carboxylic acids is 2. The number of hydrogen-bond donors (Lipinski definition) is 1. The van der Waals surface area contributed by atoms with E-state index in [9.17, 15) is 14.0 Å². The topological polar surface area (TPSA) is 58.6 Å². The molecular formula is C19H21FN2O3. The fourth-order valence-corrected chi connectivity index (χ4v) is 2.19. The summed E-state index contributed by atoms with van der Waals surface area (Å²) in [5.74, 6) is 0.0476. The van der Waals surface area contributed by atoms with E-state index in [1.54, 1.807) is 43.4 Å². The van der Waals surface area contributed by atoms with Gasteiger partial charge in [0.05, 0.1) is 6.54 Å². The van der Waals surface area contributed by atoms with Gasteiger partial charge in [0.25, 0.3) is 0 Å². The Labute approximate surface area is 146 Å². The van der Waals surface area contributed by atoms with E-state index in [1.165, 1.54) is 19.1 Å². The van der Waals surface area contributed by atoms with E-state index in [0.29, 0.717) is 30.2 Å². The average molecular weight is 344 g/mol. The van der Waals surface area contributed by atoms with Crippen LogP contribution in [0.2, 0.25) is 0 Å². The number of likely N-dealkylation sites (N-methyl/N-ethyl adjacent to an activating group) is 1. The van der Waals surface area contributed by atoms with Crippen LogP contribution in [0.3, 0.4) is 0 Å². The first-order chi connectivity index (χ1) is 11.9. The number of ether oxygens (including phenoxy) is 1. The molecular weight excluding hydrogens is 323 g/mol. The summed E-state index contributed by atoms with van der Waals surface area (Å²) in [7, 11) is 1.81. The number of benzene rings is 2. The number of halogens is 1. The highest BCUT2D eigenvalue weighted by atomic mass is 19.1. The van der Waals surface area contributed by atoms with Crippen molar-refractivity contribution >= 4 is 17.4 Å². The molecule has 0 aliphatic heterocycles. The smallest absolute Gasteiger partial charge is 0.238 e. The molecule has 132 valence electrons. The van der Waals surface area contributed by atoms with Crippen molar-refractivity contribution in [3.05, 3.63) is 59.9 Å². The third-order valence-electron chi connectivity index (χ3n) is 3.52. The molecule has 0 spiro atoms. The van der Waals surface area contributed by atoms with Crippen LogP contribution in [0.5, 0.6) is 5.75 Å². The molecule has 0 radical (unpaired) electrons. The lowest BCUT2D eigenvalue weighted by atomic mass is 10.1. The first-order valence-corrected chi connectivity index (χ1v) is 7.92. The maximum atomic E-state index is 12.8. The van der Waals surface area contributed by atoms with Crippen molar-refractivity contribution in [2.75, 3.05) is 32.1 Å². The van der Waals surface area contributed by atoms with E-state index in [1.807, 2.05) is 4.90 Å². The molecule has 0 aromatic heterocycles. The normalized spacial score (nSPS) is 10.6. The van der Waals surface area contributed by atoms with E-state index in [4.69, 9.17) is 4.74 Å². The van der Waals surface area contributed by atoms with Crippen LogP contribution in [0.4, 0.5) is 10.1 Å². The van der Waals surface area contributed by atoms with E-state index in [0.717, 1.165) is 0 Å². The summed E-state index contributed by atoms with van der Waals surface area (Å²) in [5.41, 5.74) is 1.15. The van der Waals surface area contributed by atoms with Gasteiger partial charge < -0.3 is 10.1 Å². The van der Waals surface area contributed by atoms with Crippen molar-refractivity contribution in [2.45, 2.75) is 6.92 Å². The Morgan fingerprint density at radius 2 is 1.88 bits per heavy atom. The molecule has 0 saturated carbocycles.